The van der Waals surface area contributed by atoms with Crippen LogP contribution in [0, 0.1) is 0 Å². The molecule has 4 rings (SSSR count). The molecule has 1 aliphatic heterocycles. The Balaban J connectivity index is 1.63. The van der Waals surface area contributed by atoms with Gasteiger partial charge in [0.15, 0.2) is 0 Å². The summed E-state index contributed by atoms with van der Waals surface area (Å²) >= 11 is 6.06. The molecule has 2 aromatic carbocycles. The Hall–Kier alpha value is -2.89. The first-order valence-electron chi connectivity index (χ1n) is 11.5. The number of carbonyl (C=O) groups excluding carboxylic acids is 1. The number of piperazine rings is 1. The monoisotopic (exact) mass is 462 g/mol. The van der Waals surface area contributed by atoms with Crippen molar-refractivity contribution in [2.45, 2.75) is 26.3 Å². The Labute approximate surface area is 201 Å². The molecule has 0 bridgehead atoms. The molecule has 1 fully saturated rings. The number of para-hydroxylation sites is 1. The lowest BCUT2D eigenvalue weighted by Crippen LogP contribution is -2.44. The van der Waals surface area contributed by atoms with Gasteiger partial charge in [0.2, 0.25) is 0 Å². The molecular formula is C27H31ClN4O. The molecular weight excluding hydrogens is 432 g/mol. The number of hydrogen-bond acceptors (Lipinski definition) is 4. The Morgan fingerprint density at radius 3 is 2.33 bits per heavy atom. The largest absolute Gasteiger partial charge is 0.354 e. The van der Waals surface area contributed by atoms with Crippen LogP contribution in [0.3, 0.4) is 0 Å². The van der Waals surface area contributed by atoms with E-state index >= 15 is 0 Å². The number of benzene rings is 2. The normalized spacial score (nSPS) is 14.5. The van der Waals surface area contributed by atoms with E-state index in [1.54, 1.807) is 24.3 Å². The highest BCUT2D eigenvalue weighted by Gasteiger charge is 2.22. The summed E-state index contributed by atoms with van der Waals surface area (Å²) in [4.78, 5) is 24.9. The van der Waals surface area contributed by atoms with Crippen molar-refractivity contribution in [1.82, 2.24) is 9.88 Å². The molecule has 172 valence electrons. The van der Waals surface area contributed by atoms with Crippen molar-refractivity contribution < 1.29 is 4.79 Å². The third kappa shape index (κ3) is 5.55. The van der Waals surface area contributed by atoms with Crippen molar-refractivity contribution in [3.05, 3.63) is 88.6 Å². The van der Waals surface area contributed by atoms with Crippen LogP contribution in [0.25, 0.3) is 0 Å². The van der Waals surface area contributed by atoms with Gasteiger partial charge in [0.05, 0.1) is 6.54 Å². The van der Waals surface area contributed by atoms with E-state index in [0.29, 0.717) is 23.0 Å². The average Bonchev–Trinajstić information content (AvgIpc) is 2.83. The minimum Gasteiger partial charge on any atom is -0.354 e. The van der Waals surface area contributed by atoms with Crippen LogP contribution < -0.4 is 9.80 Å². The van der Waals surface area contributed by atoms with Crippen LogP contribution >= 0.6 is 11.6 Å². The van der Waals surface area contributed by atoms with Gasteiger partial charge in [-0.15, -0.1) is 0 Å². The van der Waals surface area contributed by atoms with Crippen LogP contribution in [0.15, 0.2) is 66.9 Å². The molecule has 3 aromatic rings. The zero-order chi connectivity index (χ0) is 23.4. The summed E-state index contributed by atoms with van der Waals surface area (Å²) in [6.45, 7) is 8.78. The molecule has 5 nitrogen and oxygen atoms in total. The zero-order valence-corrected chi connectivity index (χ0v) is 20.3. The molecule has 0 radical (unpaired) electrons. The molecule has 1 aromatic heterocycles. The van der Waals surface area contributed by atoms with Crippen LogP contribution in [0.1, 0.15) is 41.3 Å². The molecule has 33 heavy (non-hydrogen) atoms. The van der Waals surface area contributed by atoms with Crippen molar-refractivity contribution >= 4 is 29.0 Å². The second kappa shape index (κ2) is 10.4. The number of pyridine rings is 1. The summed E-state index contributed by atoms with van der Waals surface area (Å²) < 4.78 is 0. The van der Waals surface area contributed by atoms with Crippen LogP contribution in [0.2, 0.25) is 5.02 Å². The van der Waals surface area contributed by atoms with Crippen LogP contribution in [-0.4, -0.2) is 49.0 Å². The van der Waals surface area contributed by atoms with E-state index in [0.717, 1.165) is 48.8 Å². The zero-order valence-electron chi connectivity index (χ0n) is 19.5. The molecule has 1 amide bonds. The molecule has 0 N–H and O–H groups in total. The number of anilines is 2. The van der Waals surface area contributed by atoms with E-state index in [1.807, 2.05) is 29.3 Å². The fourth-order valence-corrected chi connectivity index (χ4v) is 4.28. The molecule has 0 atom stereocenters. The first-order chi connectivity index (χ1) is 15.9. The van der Waals surface area contributed by atoms with Crippen molar-refractivity contribution in [3.63, 3.8) is 0 Å². The maximum Gasteiger partial charge on any atom is 0.258 e. The maximum atomic E-state index is 13.6. The fourth-order valence-electron chi connectivity index (χ4n) is 4.15. The molecule has 0 saturated carbocycles. The lowest BCUT2D eigenvalue weighted by Gasteiger charge is -2.33. The number of carbonyl (C=O) groups is 1. The first-order valence-corrected chi connectivity index (χ1v) is 11.8. The Morgan fingerprint density at radius 1 is 1.00 bits per heavy atom. The Bertz CT molecular complexity index is 1070. The highest BCUT2D eigenvalue weighted by atomic mass is 35.5. The predicted molar refractivity (Wildman–Crippen MR) is 136 cm³/mol. The minimum absolute atomic E-state index is 0.0529. The van der Waals surface area contributed by atoms with Crippen molar-refractivity contribution in [3.8, 4) is 0 Å². The van der Waals surface area contributed by atoms with Crippen LogP contribution in [0.4, 0.5) is 11.5 Å². The summed E-state index contributed by atoms with van der Waals surface area (Å²) in [6.07, 6.45) is 1.90. The number of halogens is 1. The van der Waals surface area contributed by atoms with Gasteiger partial charge in [0.25, 0.3) is 5.91 Å². The minimum atomic E-state index is -0.0529. The summed E-state index contributed by atoms with van der Waals surface area (Å²) in [7, 11) is 2.15. The molecule has 6 heteroatoms. The summed E-state index contributed by atoms with van der Waals surface area (Å²) in [5.41, 5.74) is 3.67. The first kappa shape index (κ1) is 23.3. The lowest BCUT2D eigenvalue weighted by atomic mass is 9.99. The van der Waals surface area contributed by atoms with Crippen LogP contribution in [0.5, 0.6) is 0 Å². The Morgan fingerprint density at radius 2 is 1.70 bits per heavy atom. The van der Waals surface area contributed by atoms with E-state index in [-0.39, 0.29) is 5.91 Å². The van der Waals surface area contributed by atoms with Gasteiger partial charge >= 0.3 is 0 Å². The number of amides is 1. The maximum absolute atomic E-state index is 13.6. The summed E-state index contributed by atoms with van der Waals surface area (Å²) in [6, 6.07) is 19.4. The van der Waals surface area contributed by atoms with Gasteiger partial charge in [0, 0.05) is 48.6 Å². The Kier molecular flexibility index (Phi) is 7.31. The fraction of sp³-hybridized carbons (Fsp3) is 0.333. The van der Waals surface area contributed by atoms with Crippen LogP contribution in [-0.2, 0) is 6.54 Å². The second-order valence-corrected chi connectivity index (χ2v) is 9.36. The smallest absolute Gasteiger partial charge is 0.258 e. The van der Waals surface area contributed by atoms with Gasteiger partial charge in [-0.25, -0.2) is 4.98 Å². The molecule has 1 saturated heterocycles. The van der Waals surface area contributed by atoms with Crippen molar-refractivity contribution in [1.29, 1.82) is 0 Å². The molecule has 1 aliphatic rings. The number of nitrogens with zero attached hydrogens (tertiary/aromatic N) is 4. The van der Waals surface area contributed by atoms with Gasteiger partial charge in [-0.05, 0) is 60.5 Å². The quantitative estimate of drug-likeness (QED) is 0.487. The SMILES string of the molecule is CC(C)c1ccccc1N(Cc1ccc(N2CCN(C)CC2)nc1)C(=O)c1ccc(Cl)cc1. The standard InChI is InChI=1S/C27H31ClN4O/c1-20(2)24-6-4-5-7-25(24)32(27(33)22-9-11-23(28)12-10-22)19-21-8-13-26(29-18-21)31-16-14-30(3)15-17-31/h4-13,18,20H,14-17,19H2,1-3H3. The average molecular weight is 463 g/mol. The number of aromatic nitrogens is 1. The third-order valence-electron chi connectivity index (χ3n) is 6.16. The highest BCUT2D eigenvalue weighted by Crippen LogP contribution is 2.30. The number of hydrogen-bond donors (Lipinski definition) is 0. The van der Waals surface area contributed by atoms with Crippen molar-refractivity contribution in [2.24, 2.45) is 0 Å². The molecule has 0 unspecified atom stereocenters. The van der Waals surface area contributed by atoms with E-state index in [2.05, 4.69) is 48.9 Å². The highest BCUT2D eigenvalue weighted by molar-refractivity contribution is 6.30. The van der Waals surface area contributed by atoms with E-state index < -0.39 is 0 Å². The predicted octanol–water partition coefficient (Wildman–Crippen LogP) is 5.46. The molecule has 2 heterocycles. The number of likely N-dealkylation sites (N-methyl/N-ethyl adjacent to an activating group) is 1. The van der Waals surface area contributed by atoms with E-state index in [9.17, 15) is 4.79 Å². The molecule has 0 spiro atoms. The van der Waals surface area contributed by atoms with E-state index in [4.69, 9.17) is 16.6 Å². The van der Waals surface area contributed by atoms with Gasteiger partial charge in [-0.3, -0.25) is 4.79 Å². The number of rotatable bonds is 6. The topological polar surface area (TPSA) is 39.7 Å². The van der Waals surface area contributed by atoms with Gasteiger partial charge < -0.3 is 14.7 Å². The van der Waals surface area contributed by atoms with Gasteiger partial charge in [0.1, 0.15) is 5.82 Å². The molecule has 0 aliphatic carbocycles. The van der Waals surface area contributed by atoms with Gasteiger partial charge in [-0.2, -0.15) is 0 Å². The lowest BCUT2D eigenvalue weighted by molar-refractivity contribution is 0.0985. The second-order valence-electron chi connectivity index (χ2n) is 8.93. The van der Waals surface area contributed by atoms with Crippen molar-refractivity contribution in [2.75, 3.05) is 43.0 Å². The third-order valence-corrected chi connectivity index (χ3v) is 6.41. The summed E-state index contributed by atoms with van der Waals surface area (Å²) in [5, 5.41) is 0.615. The summed E-state index contributed by atoms with van der Waals surface area (Å²) in [5.74, 6) is 1.23. The van der Waals surface area contributed by atoms with Gasteiger partial charge in [-0.1, -0.05) is 49.7 Å². The van der Waals surface area contributed by atoms with E-state index in [1.165, 1.54) is 0 Å².